The van der Waals surface area contributed by atoms with Crippen LogP contribution in [0.2, 0.25) is 18.1 Å². The van der Waals surface area contributed by atoms with Gasteiger partial charge in [-0.1, -0.05) is 43.1 Å². The second-order valence-corrected chi connectivity index (χ2v) is 8.00. The van der Waals surface area contributed by atoms with Crippen LogP contribution in [0.4, 0.5) is 0 Å². The molecule has 0 unspecified atom stereocenters. The van der Waals surface area contributed by atoms with E-state index in [9.17, 15) is 0 Å². The van der Waals surface area contributed by atoms with Gasteiger partial charge in [-0.3, -0.25) is 0 Å². The zero-order chi connectivity index (χ0) is 6.16. The van der Waals surface area contributed by atoms with Gasteiger partial charge in [0.15, 0.2) is 0 Å². The van der Waals surface area contributed by atoms with Gasteiger partial charge in [0.1, 0.15) is 0 Å². The first-order valence-electron chi connectivity index (χ1n) is 4.09. The summed E-state index contributed by atoms with van der Waals surface area (Å²) in [6.45, 7) is 0. The van der Waals surface area contributed by atoms with Crippen molar-refractivity contribution in [2.45, 2.75) is 37.4 Å². The molecule has 9 heavy (non-hydrogen) atoms. The molecule has 1 spiro atoms. The Morgan fingerprint density at radius 3 is 2.00 bits per heavy atom. The molecule has 0 saturated carbocycles. The van der Waals surface area contributed by atoms with Gasteiger partial charge in [0.05, 0.1) is 8.07 Å². The lowest BCUT2D eigenvalue weighted by molar-refractivity contribution is 0.710. The van der Waals surface area contributed by atoms with E-state index in [1.807, 2.05) is 0 Å². The first kappa shape index (κ1) is 5.72. The smallest absolute Gasteiger partial charge is 0.0810 e. The quantitative estimate of drug-likeness (QED) is 0.451. The zero-order valence-corrected chi connectivity index (χ0v) is 6.90. The Balaban J connectivity index is 2.02. The van der Waals surface area contributed by atoms with Crippen molar-refractivity contribution < 1.29 is 0 Å². The summed E-state index contributed by atoms with van der Waals surface area (Å²) in [5.74, 6) is 0. The predicted molar refractivity (Wildman–Crippen MR) is 43.2 cm³/mol. The lowest BCUT2D eigenvalue weighted by Crippen LogP contribution is -2.38. The largest absolute Gasteiger partial charge is 0.0981 e. The van der Waals surface area contributed by atoms with Crippen molar-refractivity contribution in [3.63, 3.8) is 0 Å². The molecule has 1 heteroatoms. The lowest BCUT2D eigenvalue weighted by atomic mass is 10.3. The van der Waals surface area contributed by atoms with Gasteiger partial charge in [-0.25, -0.2) is 0 Å². The minimum Gasteiger partial charge on any atom is -0.0981 e. The average molecular weight is 138 g/mol. The third-order valence-corrected chi connectivity index (χ3v) is 7.54. The van der Waals surface area contributed by atoms with Gasteiger partial charge in [0.25, 0.3) is 0 Å². The summed E-state index contributed by atoms with van der Waals surface area (Å²) in [5, 5.41) is 0. The van der Waals surface area contributed by atoms with E-state index < -0.39 is 8.07 Å². The summed E-state index contributed by atoms with van der Waals surface area (Å²) in [5.41, 5.74) is 2.58. The molecule has 0 aromatic heterocycles. The van der Waals surface area contributed by atoms with E-state index >= 15 is 0 Å². The predicted octanol–water partition coefficient (Wildman–Crippen LogP) is 2.73. The van der Waals surface area contributed by atoms with Crippen molar-refractivity contribution in [3.8, 4) is 0 Å². The Morgan fingerprint density at radius 2 is 1.67 bits per heavy atom. The van der Waals surface area contributed by atoms with Crippen LogP contribution < -0.4 is 0 Å². The monoisotopic (exact) mass is 138 g/mol. The lowest BCUT2D eigenvalue weighted by Gasteiger charge is -2.36. The number of hydrogen-bond donors (Lipinski definition) is 0. The van der Waals surface area contributed by atoms with E-state index in [1.165, 1.54) is 25.3 Å². The van der Waals surface area contributed by atoms with Crippen LogP contribution in [0.15, 0.2) is 11.8 Å². The molecule has 2 heterocycles. The van der Waals surface area contributed by atoms with E-state index in [4.69, 9.17) is 0 Å². The fourth-order valence-electron chi connectivity index (χ4n) is 2.08. The van der Waals surface area contributed by atoms with E-state index in [0.717, 1.165) is 0 Å². The van der Waals surface area contributed by atoms with E-state index in [2.05, 4.69) is 11.8 Å². The molecular weight excluding hydrogens is 124 g/mol. The van der Waals surface area contributed by atoms with Crippen LogP contribution in [0.3, 0.4) is 0 Å². The van der Waals surface area contributed by atoms with Crippen molar-refractivity contribution in [1.82, 2.24) is 0 Å². The fourth-order valence-corrected chi connectivity index (χ4v) is 5.88. The normalized spacial score (nSPS) is 30.2. The average Bonchev–Trinajstić information content (AvgIpc) is 1.87. The van der Waals surface area contributed by atoms with Crippen LogP contribution >= 0.6 is 0 Å². The third kappa shape index (κ3) is 0.876. The van der Waals surface area contributed by atoms with Crippen molar-refractivity contribution >= 4 is 8.07 Å². The van der Waals surface area contributed by atoms with Crippen LogP contribution in [0.5, 0.6) is 0 Å². The van der Waals surface area contributed by atoms with Crippen molar-refractivity contribution in [2.24, 2.45) is 0 Å². The molecule has 50 valence electrons. The maximum atomic E-state index is 2.58. The highest BCUT2D eigenvalue weighted by Crippen LogP contribution is 2.37. The maximum Gasteiger partial charge on any atom is 0.0810 e. The van der Waals surface area contributed by atoms with E-state index in [0.29, 0.717) is 0 Å². The standard InChI is InChI=1S/C8H14Si/c1-2-5-9(6-3-1)7-4-8-9/h4,7H,1-3,5-6,8H2. The summed E-state index contributed by atoms with van der Waals surface area (Å²) in [6, 6.07) is 4.75. The summed E-state index contributed by atoms with van der Waals surface area (Å²) in [4.78, 5) is 0. The van der Waals surface area contributed by atoms with Gasteiger partial charge in [0, 0.05) is 0 Å². The minimum atomic E-state index is -0.611. The fraction of sp³-hybridized carbons (Fsp3) is 0.750. The molecular formula is C8H14Si. The zero-order valence-electron chi connectivity index (χ0n) is 5.90. The first-order valence-corrected chi connectivity index (χ1v) is 6.79. The van der Waals surface area contributed by atoms with Gasteiger partial charge in [0.2, 0.25) is 0 Å². The van der Waals surface area contributed by atoms with Crippen LogP contribution in [0.25, 0.3) is 0 Å². The molecule has 0 aliphatic carbocycles. The number of hydrogen-bond acceptors (Lipinski definition) is 0. The Labute approximate surface area is 58.0 Å². The van der Waals surface area contributed by atoms with Gasteiger partial charge in [-0.05, 0) is 6.04 Å². The highest BCUT2D eigenvalue weighted by molar-refractivity contribution is 6.87. The molecule has 2 aliphatic rings. The number of rotatable bonds is 0. The van der Waals surface area contributed by atoms with Crippen LogP contribution in [0.1, 0.15) is 19.3 Å². The van der Waals surface area contributed by atoms with Gasteiger partial charge >= 0.3 is 0 Å². The Hall–Kier alpha value is -0.0431. The van der Waals surface area contributed by atoms with Crippen LogP contribution in [0, 0.1) is 0 Å². The molecule has 0 aromatic carbocycles. The van der Waals surface area contributed by atoms with Crippen LogP contribution in [-0.2, 0) is 0 Å². The second-order valence-electron chi connectivity index (χ2n) is 3.53. The molecule has 1 fully saturated rings. The molecule has 0 N–H and O–H groups in total. The van der Waals surface area contributed by atoms with Crippen LogP contribution in [-0.4, -0.2) is 8.07 Å². The van der Waals surface area contributed by atoms with Gasteiger partial charge < -0.3 is 0 Å². The molecule has 0 nitrogen and oxygen atoms in total. The highest BCUT2D eigenvalue weighted by Gasteiger charge is 2.34. The third-order valence-electron chi connectivity index (χ3n) is 2.85. The Kier molecular flexibility index (Phi) is 1.26. The molecule has 1 saturated heterocycles. The van der Waals surface area contributed by atoms with Crippen molar-refractivity contribution in [3.05, 3.63) is 11.8 Å². The topological polar surface area (TPSA) is 0 Å². The van der Waals surface area contributed by atoms with Crippen molar-refractivity contribution in [1.29, 1.82) is 0 Å². The molecule has 2 rings (SSSR count). The maximum absolute atomic E-state index is 2.58. The summed E-state index contributed by atoms with van der Waals surface area (Å²) in [7, 11) is -0.611. The molecule has 0 amide bonds. The first-order chi connectivity index (χ1) is 4.41. The highest BCUT2D eigenvalue weighted by atomic mass is 28.3. The molecule has 0 radical (unpaired) electrons. The van der Waals surface area contributed by atoms with E-state index in [-0.39, 0.29) is 0 Å². The van der Waals surface area contributed by atoms with E-state index in [1.54, 1.807) is 12.1 Å². The number of allylic oxidation sites excluding steroid dienone is 1. The van der Waals surface area contributed by atoms with Gasteiger partial charge in [-0.2, -0.15) is 0 Å². The SMILES string of the molecule is C1=C[Si]2(C1)CCCCC2. The summed E-state index contributed by atoms with van der Waals surface area (Å²) >= 11 is 0. The Morgan fingerprint density at radius 1 is 1.00 bits per heavy atom. The Bertz CT molecular complexity index is 132. The van der Waals surface area contributed by atoms with Gasteiger partial charge in [-0.15, -0.1) is 0 Å². The minimum absolute atomic E-state index is 0.611. The molecule has 0 aromatic rings. The molecule has 0 atom stereocenters. The summed E-state index contributed by atoms with van der Waals surface area (Å²) < 4.78 is 0. The van der Waals surface area contributed by atoms with Crippen molar-refractivity contribution in [2.75, 3.05) is 0 Å². The molecule has 2 aliphatic heterocycles. The summed E-state index contributed by atoms with van der Waals surface area (Å²) in [6.07, 6.45) is 6.98. The second kappa shape index (κ2) is 1.98. The molecule has 0 bridgehead atoms.